The van der Waals surface area contributed by atoms with E-state index in [0.717, 1.165) is 51.3 Å². The van der Waals surface area contributed by atoms with E-state index in [2.05, 4.69) is 26.9 Å². The predicted octanol–water partition coefficient (Wildman–Crippen LogP) is 4.32. The molecule has 0 bridgehead atoms. The summed E-state index contributed by atoms with van der Waals surface area (Å²) >= 11 is 0. The van der Waals surface area contributed by atoms with E-state index >= 15 is 0 Å². The van der Waals surface area contributed by atoms with Gasteiger partial charge in [-0.05, 0) is 51.4 Å². The van der Waals surface area contributed by atoms with Crippen LogP contribution in [0.3, 0.4) is 0 Å². The molecule has 0 amide bonds. The van der Waals surface area contributed by atoms with Gasteiger partial charge < -0.3 is 28.9 Å². The third-order valence-electron chi connectivity index (χ3n) is 5.33. The lowest BCUT2D eigenvalue weighted by molar-refractivity contribution is 0.180. The topological polar surface area (TPSA) is 68.3 Å². The lowest BCUT2D eigenvalue weighted by atomic mass is 10.1. The number of nitrogens with zero attached hydrogens (tertiary/aromatic N) is 2. The third kappa shape index (κ3) is 4.72. The highest BCUT2D eigenvalue weighted by molar-refractivity contribution is 6.30. The zero-order chi connectivity index (χ0) is 22.7. The van der Waals surface area contributed by atoms with E-state index in [0.29, 0.717) is 18.1 Å². The number of halogens is 1. The van der Waals surface area contributed by atoms with Gasteiger partial charge in [0.2, 0.25) is 0 Å². The number of aromatic nitrogens is 1. The minimum absolute atomic E-state index is 0. The largest absolute Gasteiger partial charge is 0.493 e. The molecule has 4 rings (SSSR count). The Morgan fingerprint density at radius 1 is 1.03 bits per heavy atom. The van der Waals surface area contributed by atoms with Crippen LogP contribution in [0.2, 0.25) is 0 Å². The summed E-state index contributed by atoms with van der Waals surface area (Å²) in [6.07, 6.45) is 0. The summed E-state index contributed by atoms with van der Waals surface area (Å²) in [5, 5.41) is 5.48. The van der Waals surface area contributed by atoms with Crippen molar-refractivity contribution in [3.63, 3.8) is 0 Å². The summed E-state index contributed by atoms with van der Waals surface area (Å²) in [5.41, 5.74) is 5.54. The number of H-pyrrole nitrogens is 1. The molecule has 8 heteroatoms. The van der Waals surface area contributed by atoms with Crippen LogP contribution in [0.15, 0.2) is 35.5 Å². The van der Waals surface area contributed by atoms with Crippen LogP contribution in [0.1, 0.15) is 18.1 Å². The smallest absolute Gasteiger partial charge is 0.177 e. The fraction of sp³-hybridized carbons (Fsp3) is 0.320. The lowest BCUT2D eigenvalue weighted by Crippen LogP contribution is -2.19. The molecule has 33 heavy (non-hydrogen) atoms. The fourth-order valence-electron chi connectivity index (χ4n) is 3.77. The first-order valence-corrected chi connectivity index (χ1v) is 10.4. The van der Waals surface area contributed by atoms with Crippen LogP contribution in [0, 0.1) is 11.8 Å². The van der Waals surface area contributed by atoms with Crippen LogP contribution in [0.25, 0.3) is 22.2 Å². The van der Waals surface area contributed by atoms with Crippen molar-refractivity contribution < 1.29 is 19.0 Å². The molecule has 0 saturated heterocycles. The molecule has 0 spiro atoms. The van der Waals surface area contributed by atoms with Crippen molar-refractivity contribution in [3.8, 4) is 40.3 Å². The monoisotopic (exact) mass is 469 g/mol. The maximum atomic E-state index is 5.97. The molecule has 0 fully saturated rings. The molecule has 3 aromatic rings. The predicted molar refractivity (Wildman–Crippen MR) is 133 cm³/mol. The van der Waals surface area contributed by atoms with E-state index in [1.54, 1.807) is 21.1 Å². The average Bonchev–Trinajstić information content (AvgIpc) is 3.30. The van der Waals surface area contributed by atoms with Crippen LogP contribution >= 0.6 is 12.4 Å². The van der Waals surface area contributed by atoms with Crippen LogP contribution < -0.4 is 14.2 Å². The lowest BCUT2D eigenvalue weighted by Gasteiger charge is -2.12. The van der Waals surface area contributed by atoms with E-state index in [-0.39, 0.29) is 19.0 Å². The highest BCUT2D eigenvalue weighted by Gasteiger charge is 2.32. The number of rotatable bonds is 8. The fourth-order valence-corrected chi connectivity index (χ4v) is 3.77. The minimum atomic E-state index is 0. The summed E-state index contributed by atoms with van der Waals surface area (Å²) < 4.78 is 17.0. The second kappa shape index (κ2) is 10.5. The summed E-state index contributed by atoms with van der Waals surface area (Å²) in [5.74, 6) is 7.79. The Bertz CT molecular complexity index is 1240. The van der Waals surface area contributed by atoms with Crippen molar-refractivity contribution in [2.24, 2.45) is 5.16 Å². The van der Waals surface area contributed by atoms with Crippen molar-refractivity contribution >= 4 is 29.0 Å². The Kier molecular flexibility index (Phi) is 7.75. The van der Waals surface area contributed by atoms with Crippen LogP contribution in [-0.4, -0.2) is 63.7 Å². The molecule has 174 valence electrons. The first-order chi connectivity index (χ1) is 15.6. The quantitative estimate of drug-likeness (QED) is 0.236. The highest BCUT2D eigenvalue weighted by atomic mass is 35.5. The second-order valence-corrected chi connectivity index (χ2v) is 7.63. The molecule has 1 aliphatic rings. The van der Waals surface area contributed by atoms with Gasteiger partial charge in [0.05, 0.1) is 19.9 Å². The molecule has 0 saturated carbocycles. The van der Waals surface area contributed by atoms with E-state index in [4.69, 9.17) is 19.0 Å². The number of methoxy groups -OCH3 is 2. The van der Waals surface area contributed by atoms with E-state index < -0.39 is 0 Å². The summed E-state index contributed by atoms with van der Waals surface area (Å²) in [6, 6.07) is 9.94. The molecule has 0 radical (unpaired) electrons. The van der Waals surface area contributed by atoms with Crippen molar-refractivity contribution in [1.82, 2.24) is 9.88 Å². The number of fused-ring (bicyclic) bond motifs is 5. The number of hydrogen-bond acceptors (Lipinski definition) is 6. The zero-order valence-corrected chi connectivity index (χ0v) is 20.3. The molecule has 0 atom stereocenters. The zero-order valence-electron chi connectivity index (χ0n) is 19.4. The molecule has 1 heterocycles. The Balaban J connectivity index is 0.00000306. The molecule has 7 nitrogen and oxygen atoms in total. The highest BCUT2D eigenvalue weighted by Crippen LogP contribution is 2.45. The van der Waals surface area contributed by atoms with Crippen molar-refractivity contribution in [2.45, 2.75) is 6.92 Å². The van der Waals surface area contributed by atoms with Gasteiger partial charge in [0.25, 0.3) is 0 Å². The third-order valence-corrected chi connectivity index (χ3v) is 5.33. The Labute approximate surface area is 200 Å². The Morgan fingerprint density at radius 2 is 1.76 bits per heavy atom. The average molecular weight is 470 g/mol. The summed E-state index contributed by atoms with van der Waals surface area (Å²) in [6.45, 7) is 3.44. The second-order valence-electron chi connectivity index (χ2n) is 7.63. The number of benzene rings is 2. The van der Waals surface area contributed by atoms with E-state index in [9.17, 15) is 0 Å². The van der Waals surface area contributed by atoms with Gasteiger partial charge >= 0.3 is 0 Å². The summed E-state index contributed by atoms with van der Waals surface area (Å²) in [4.78, 5) is 11.2. The maximum Gasteiger partial charge on any atom is 0.177 e. The first kappa shape index (κ1) is 24.3. The summed E-state index contributed by atoms with van der Waals surface area (Å²) in [7, 11) is 7.30. The van der Waals surface area contributed by atoms with Crippen LogP contribution in [0.4, 0.5) is 0 Å². The van der Waals surface area contributed by atoms with Crippen LogP contribution in [0.5, 0.6) is 17.2 Å². The first-order valence-electron chi connectivity index (χ1n) is 10.4. The molecule has 0 unspecified atom stereocenters. The van der Waals surface area contributed by atoms with Gasteiger partial charge in [-0.25, -0.2) is 0 Å². The van der Waals surface area contributed by atoms with E-state index in [1.807, 2.05) is 44.4 Å². The normalized spacial score (nSPS) is 12.6. The number of ether oxygens (including phenoxy) is 3. The molecule has 2 aromatic carbocycles. The number of aromatic amines is 1. The van der Waals surface area contributed by atoms with Gasteiger partial charge in [0.15, 0.2) is 18.1 Å². The standard InChI is InChI=1S/C25H27N3O4.ClH/c1-6-7-11-32-27-25-18-15-22(30-5)21(29-4)14-17(18)24-23(25)19-13-16(8-9-20(19)26-24)31-12-10-28(2)3;/h8-9,13-15,26H,10-12H2,1-5H3;1H/b27-25-;. The number of oxime groups is 1. The van der Waals surface area contributed by atoms with E-state index in [1.165, 1.54) is 0 Å². The molecule has 1 aromatic heterocycles. The SMILES string of the molecule is CC#CCO/N=C1/c2cc(OC)c(OC)cc2-c2[nH]c3ccc(OCCN(C)C)cc3c21.Cl. The van der Waals surface area contributed by atoms with Gasteiger partial charge in [0.1, 0.15) is 18.1 Å². The van der Waals surface area contributed by atoms with Crippen molar-refractivity contribution in [2.75, 3.05) is 48.1 Å². The van der Waals surface area contributed by atoms with Crippen molar-refractivity contribution in [1.29, 1.82) is 0 Å². The molecular weight excluding hydrogens is 442 g/mol. The molecule has 1 N–H and O–H groups in total. The van der Waals surface area contributed by atoms with Gasteiger partial charge in [-0.15, -0.1) is 18.3 Å². The maximum absolute atomic E-state index is 5.97. The van der Waals surface area contributed by atoms with Crippen LogP contribution in [-0.2, 0) is 4.84 Å². The Morgan fingerprint density at radius 3 is 2.42 bits per heavy atom. The van der Waals surface area contributed by atoms with Gasteiger partial charge in [-0.2, -0.15) is 0 Å². The van der Waals surface area contributed by atoms with Gasteiger partial charge in [-0.1, -0.05) is 11.1 Å². The minimum Gasteiger partial charge on any atom is -0.493 e. The number of hydrogen-bond donors (Lipinski definition) is 1. The molecule has 1 aliphatic carbocycles. The van der Waals surface area contributed by atoms with Gasteiger partial charge in [0, 0.05) is 34.1 Å². The number of likely N-dealkylation sites (N-methyl/N-ethyl adjacent to an activating group) is 1. The molecule has 0 aliphatic heterocycles. The van der Waals surface area contributed by atoms with Gasteiger partial charge in [-0.3, -0.25) is 0 Å². The Hall–Kier alpha value is -3.34. The van der Waals surface area contributed by atoms with Crippen molar-refractivity contribution in [3.05, 3.63) is 41.5 Å². The number of nitrogens with one attached hydrogen (secondary N) is 1. The molecular formula is C25H28ClN3O4.